The Balaban J connectivity index is 1.49. The van der Waals surface area contributed by atoms with Crippen molar-refractivity contribution in [3.05, 3.63) is 53.8 Å². The van der Waals surface area contributed by atoms with Crippen molar-refractivity contribution in [2.45, 2.75) is 4.90 Å². The number of hydrogen-bond acceptors (Lipinski definition) is 5. The van der Waals surface area contributed by atoms with E-state index in [-0.39, 0.29) is 4.90 Å². The molecule has 4 rings (SSSR count). The van der Waals surface area contributed by atoms with Crippen molar-refractivity contribution in [2.75, 3.05) is 31.1 Å². The summed E-state index contributed by atoms with van der Waals surface area (Å²) in [5.41, 5.74) is 0.785. The molecule has 0 spiro atoms. The van der Waals surface area contributed by atoms with E-state index < -0.39 is 10.0 Å². The van der Waals surface area contributed by atoms with Crippen molar-refractivity contribution >= 4 is 33.1 Å². The predicted molar refractivity (Wildman–Crippen MR) is 95.4 cm³/mol. The predicted octanol–water partition coefficient (Wildman–Crippen LogP) is 1.89. The molecule has 1 aromatic carbocycles. The number of fused-ring (bicyclic) bond motifs is 1. The Morgan fingerprint density at radius 1 is 0.960 bits per heavy atom. The highest BCUT2D eigenvalue weighted by Gasteiger charge is 2.29. The van der Waals surface area contributed by atoms with Gasteiger partial charge in [0.25, 0.3) is 0 Å². The molecule has 2 aromatic heterocycles. The normalized spacial score (nSPS) is 16.4. The first-order valence-electron chi connectivity index (χ1n) is 7.85. The molecule has 1 fully saturated rings. The van der Waals surface area contributed by atoms with Crippen LogP contribution in [0.5, 0.6) is 0 Å². The molecule has 1 aliphatic heterocycles. The number of imidazole rings is 1. The fraction of sp³-hybridized carbons (Fsp3) is 0.250. The number of benzene rings is 1. The molecule has 9 heteroatoms. The molecular formula is C16H16ClN5O2S. The van der Waals surface area contributed by atoms with E-state index >= 15 is 0 Å². The summed E-state index contributed by atoms with van der Waals surface area (Å²) in [6.07, 6.45) is 3.49. The topological polar surface area (TPSA) is 70.8 Å². The summed E-state index contributed by atoms with van der Waals surface area (Å²) < 4.78 is 28.7. The third kappa shape index (κ3) is 3.08. The minimum atomic E-state index is -3.50. The molecule has 7 nitrogen and oxygen atoms in total. The van der Waals surface area contributed by atoms with Crippen LogP contribution in [0.4, 0.5) is 5.82 Å². The minimum Gasteiger partial charge on any atom is -0.353 e. The van der Waals surface area contributed by atoms with Crippen molar-refractivity contribution in [1.29, 1.82) is 0 Å². The lowest BCUT2D eigenvalue weighted by Crippen LogP contribution is -2.49. The SMILES string of the molecule is O=S(=O)(c1ccc(Cl)cc1)N1CCN(c2ccc3nccn3n2)CC1. The van der Waals surface area contributed by atoms with Crippen LogP contribution in [0.3, 0.4) is 0 Å². The number of halogens is 1. The molecular weight excluding hydrogens is 362 g/mol. The van der Waals surface area contributed by atoms with Crippen LogP contribution in [0.15, 0.2) is 53.7 Å². The summed E-state index contributed by atoms with van der Waals surface area (Å²) in [5.74, 6) is 0.814. The Labute approximate surface area is 150 Å². The maximum atomic E-state index is 12.7. The largest absolute Gasteiger partial charge is 0.353 e. The molecule has 0 N–H and O–H groups in total. The zero-order valence-electron chi connectivity index (χ0n) is 13.3. The van der Waals surface area contributed by atoms with E-state index in [1.807, 2.05) is 12.1 Å². The first-order chi connectivity index (χ1) is 12.0. The first kappa shape index (κ1) is 16.3. The lowest BCUT2D eigenvalue weighted by molar-refractivity contribution is 0.383. The summed E-state index contributed by atoms with van der Waals surface area (Å²) in [4.78, 5) is 6.52. The maximum Gasteiger partial charge on any atom is 0.243 e. The van der Waals surface area contributed by atoms with E-state index in [9.17, 15) is 8.42 Å². The van der Waals surface area contributed by atoms with E-state index in [1.54, 1.807) is 41.2 Å². The number of anilines is 1. The maximum absolute atomic E-state index is 12.7. The number of aromatic nitrogens is 3. The molecule has 0 unspecified atom stereocenters. The van der Waals surface area contributed by atoms with Gasteiger partial charge in [-0.3, -0.25) is 0 Å². The number of hydrogen-bond donors (Lipinski definition) is 0. The molecule has 0 radical (unpaired) electrons. The first-order valence-corrected chi connectivity index (χ1v) is 9.67. The average molecular weight is 378 g/mol. The van der Waals surface area contributed by atoms with Gasteiger partial charge in [0, 0.05) is 43.6 Å². The van der Waals surface area contributed by atoms with Gasteiger partial charge < -0.3 is 4.90 Å². The highest BCUT2D eigenvalue weighted by atomic mass is 35.5. The second kappa shape index (κ2) is 6.29. The molecule has 25 heavy (non-hydrogen) atoms. The van der Waals surface area contributed by atoms with Gasteiger partial charge in [-0.15, -0.1) is 5.10 Å². The number of nitrogens with zero attached hydrogens (tertiary/aromatic N) is 5. The van der Waals surface area contributed by atoms with E-state index in [0.29, 0.717) is 31.2 Å². The molecule has 0 atom stereocenters. The van der Waals surface area contributed by atoms with Crippen LogP contribution in [0, 0.1) is 0 Å². The summed E-state index contributed by atoms with van der Waals surface area (Å²) in [7, 11) is -3.50. The minimum absolute atomic E-state index is 0.267. The third-order valence-electron chi connectivity index (χ3n) is 4.26. The summed E-state index contributed by atoms with van der Waals surface area (Å²) in [5, 5.41) is 5.03. The Morgan fingerprint density at radius 2 is 1.68 bits per heavy atom. The quantitative estimate of drug-likeness (QED) is 0.697. The van der Waals surface area contributed by atoms with Crippen LogP contribution in [0.25, 0.3) is 5.65 Å². The lowest BCUT2D eigenvalue weighted by Gasteiger charge is -2.34. The zero-order chi connectivity index (χ0) is 17.4. The summed E-state index contributed by atoms with van der Waals surface area (Å²) in [6.45, 7) is 1.99. The molecule has 1 saturated heterocycles. The van der Waals surface area contributed by atoms with Crippen molar-refractivity contribution in [1.82, 2.24) is 18.9 Å². The van der Waals surface area contributed by atoms with E-state index in [4.69, 9.17) is 11.6 Å². The Hall–Kier alpha value is -2.16. The van der Waals surface area contributed by atoms with Crippen LogP contribution in [-0.4, -0.2) is 53.5 Å². The monoisotopic (exact) mass is 377 g/mol. The number of piperazine rings is 1. The van der Waals surface area contributed by atoms with Crippen molar-refractivity contribution in [3.63, 3.8) is 0 Å². The van der Waals surface area contributed by atoms with Crippen LogP contribution in [-0.2, 0) is 10.0 Å². The van der Waals surface area contributed by atoms with Gasteiger partial charge in [-0.05, 0) is 36.4 Å². The van der Waals surface area contributed by atoms with Gasteiger partial charge in [0.15, 0.2) is 5.65 Å². The van der Waals surface area contributed by atoms with Crippen LogP contribution in [0.2, 0.25) is 5.02 Å². The average Bonchev–Trinajstić information content (AvgIpc) is 3.10. The Bertz CT molecular complexity index is 995. The highest BCUT2D eigenvalue weighted by molar-refractivity contribution is 7.89. The second-order valence-electron chi connectivity index (χ2n) is 5.77. The zero-order valence-corrected chi connectivity index (χ0v) is 14.9. The highest BCUT2D eigenvalue weighted by Crippen LogP contribution is 2.21. The molecule has 0 bridgehead atoms. The van der Waals surface area contributed by atoms with Gasteiger partial charge in [-0.1, -0.05) is 11.6 Å². The molecule has 3 aromatic rings. The van der Waals surface area contributed by atoms with Crippen LogP contribution < -0.4 is 4.90 Å². The Kier molecular flexibility index (Phi) is 4.10. The standard InChI is InChI=1S/C16H16ClN5O2S/c17-13-1-3-14(4-2-13)25(23,24)21-11-9-20(10-12-21)16-6-5-15-18-7-8-22(15)19-16/h1-8H,9-12H2. The molecule has 0 aliphatic carbocycles. The fourth-order valence-corrected chi connectivity index (χ4v) is 4.44. The summed E-state index contributed by atoms with van der Waals surface area (Å²) in [6, 6.07) is 10.1. The Morgan fingerprint density at radius 3 is 2.40 bits per heavy atom. The van der Waals surface area contributed by atoms with Crippen LogP contribution >= 0.6 is 11.6 Å². The van der Waals surface area contributed by atoms with Crippen LogP contribution in [0.1, 0.15) is 0 Å². The molecule has 130 valence electrons. The van der Waals surface area contributed by atoms with Gasteiger partial charge >= 0.3 is 0 Å². The van der Waals surface area contributed by atoms with Gasteiger partial charge in [-0.2, -0.15) is 4.31 Å². The van der Waals surface area contributed by atoms with E-state index in [1.165, 1.54) is 4.31 Å². The van der Waals surface area contributed by atoms with Gasteiger partial charge in [-0.25, -0.2) is 17.9 Å². The molecule has 1 aliphatic rings. The van der Waals surface area contributed by atoms with E-state index in [0.717, 1.165) is 11.5 Å². The second-order valence-corrected chi connectivity index (χ2v) is 8.14. The summed E-state index contributed by atoms with van der Waals surface area (Å²) >= 11 is 5.84. The lowest BCUT2D eigenvalue weighted by atomic mass is 10.3. The molecule has 0 amide bonds. The van der Waals surface area contributed by atoms with Crippen molar-refractivity contribution in [2.24, 2.45) is 0 Å². The van der Waals surface area contributed by atoms with Crippen molar-refractivity contribution < 1.29 is 8.42 Å². The van der Waals surface area contributed by atoms with Gasteiger partial charge in [0.1, 0.15) is 5.82 Å². The smallest absolute Gasteiger partial charge is 0.243 e. The van der Waals surface area contributed by atoms with E-state index in [2.05, 4.69) is 15.0 Å². The van der Waals surface area contributed by atoms with Gasteiger partial charge in [0.05, 0.1) is 4.90 Å². The fourth-order valence-electron chi connectivity index (χ4n) is 2.89. The third-order valence-corrected chi connectivity index (χ3v) is 6.42. The number of rotatable bonds is 3. The van der Waals surface area contributed by atoms with Crippen molar-refractivity contribution in [3.8, 4) is 0 Å². The molecule has 0 saturated carbocycles. The molecule has 3 heterocycles. The van der Waals surface area contributed by atoms with Gasteiger partial charge in [0.2, 0.25) is 10.0 Å². The number of sulfonamides is 1.